The minimum absolute atomic E-state index is 0.0328. The Morgan fingerprint density at radius 1 is 1.47 bits per heavy atom. The smallest absolute Gasteiger partial charge is 0.241 e. The minimum atomic E-state index is -0.969. The van der Waals surface area contributed by atoms with Gasteiger partial charge in [-0.1, -0.05) is 13.8 Å². The van der Waals surface area contributed by atoms with Crippen LogP contribution in [0, 0.1) is 11.3 Å². The fourth-order valence-electron chi connectivity index (χ4n) is 3.16. The van der Waals surface area contributed by atoms with Crippen LogP contribution in [0.4, 0.5) is 0 Å². The van der Waals surface area contributed by atoms with E-state index in [1.807, 2.05) is 13.8 Å². The van der Waals surface area contributed by atoms with Gasteiger partial charge in [0.25, 0.3) is 0 Å². The van der Waals surface area contributed by atoms with Crippen molar-refractivity contribution in [1.29, 1.82) is 0 Å². The van der Waals surface area contributed by atoms with Gasteiger partial charge < -0.3 is 21.5 Å². The number of ether oxygens (including phenoxy) is 1. The highest BCUT2D eigenvalue weighted by Gasteiger charge is 2.71. The summed E-state index contributed by atoms with van der Waals surface area (Å²) in [7, 11) is 0. The van der Waals surface area contributed by atoms with Gasteiger partial charge in [-0.2, -0.15) is 0 Å². The highest BCUT2D eigenvalue weighted by molar-refractivity contribution is 5.92. The van der Waals surface area contributed by atoms with Gasteiger partial charge in [0, 0.05) is 17.9 Å². The van der Waals surface area contributed by atoms with E-state index in [4.69, 9.17) is 16.2 Å². The highest BCUT2D eigenvalue weighted by Crippen LogP contribution is 2.58. The highest BCUT2D eigenvalue weighted by atomic mass is 16.5. The summed E-state index contributed by atoms with van der Waals surface area (Å²) in [4.78, 5) is 22.8. The van der Waals surface area contributed by atoms with E-state index in [9.17, 15) is 9.59 Å². The Morgan fingerprint density at radius 3 is 2.71 bits per heavy atom. The monoisotopic (exact) mass is 241 g/mol. The van der Waals surface area contributed by atoms with E-state index >= 15 is 0 Å². The van der Waals surface area contributed by atoms with E-state index in [2.05, 4.69) is 5.32 Å². The van der Waals surface area contributed by atoms with Crippen LogP contribution < -0.4 is 16.8 Å². The van der Waals surface area contributed by atoms with Crippen LogP contribution in [0.2, 0.25) is 0 Å². The van der Waals surface area contributed by atoms with Gasteiger partial charge in [0.1, 0.15) is 5.54 Å². The Morgan fingerprint density at radius 2 is 2.12 bits per heavy atom. The average molecular weight is 241 g/mol. The molecule has 6 nitrogen and oxygen atoms in total. The molecule has 0 aromatic heterocycles. The van der Waals surface area contributed by atoms with Crippen LogP contribution in [0.5, 0.6) is 0 Å². The van der Waals surface area contributed by atoms with Gasteiger partial charge in [-0.25, -0.2) is 0 Å². The van der Waals surface area contributed by atoms with E-state index in [1.54, 1.807) is 0 Å². The van der Waals surface area contributed by atoms with Gasteiger partial charge >= 0.3 is 0 Å². The number of nitrogens with one attached hydrogen (secondary N) is 1. The molecule has 0 radical (unpaired) electrons. The minimum Gasteiger partial charge on any atom is -0.377 e. The third-order valence-electron chi connectivity index (χ3n) is 4.25. The first-order chi connectivity index (χ1) is 7.81. The fraction of sp³-hybridized carbons (Fsp3) is 0.818. The standard InChI is InChI=1S/C11H19N3O3/c1-10(2)8-6(3-4-17-8)11(10,13)9(16)14-5-7(12)15/h6,8H,3-5,13H2,1-2H3,(H2,12,15)(H,14,16). The second-order valence-electron chi connectivity index (χ2n) is 5.43. The van der Waals surface area contributed by atoms with Crippen LogP contribution in [0.25, 0.3) is 0 Å². The maximum atomic E-state index is 12.1. The molecule has 2 amide bonds. The van der Waals surface area contributed by atoms with Crippen molar-refractivity contribution in [2.45, 2.75) is 31.9 Å². The third-order valence-corrected chi connectivity index (χ3v) is 4.25. The van der Waals surface area contributed by atoms with Gasteiger partial charge in [-0.05, 0) is 6.42 Å². The van der Waals surface area contributed by atoms with Crippen molar-refractivity contribution < 1.29 is 14.3 Å². The Kier molecular flexibility index (Phi) is 2.67. The van der Waals surface area contributed by atoms with Crippen molar-refractivity contribution in [3.63, 3.8) is 0 Å². The molecule has 1 saturated heterocycles. The van der Waals surface area contributed by atoms with Crippen molar-refractivity contribution >= 4 is 11.8 Å². The molecule has 17 heavy (non-hydrogen) atoms. The number of primary amides is 1. The lowest BCUT2D eigenvalue weighted by Gasteiger charge is -2.60. The molecule has 6 heteroatoms. The second-order valence-corrected chi connectivity index (χ2v) is 5.43. The molecule has 5 N–H and O–H groups in total. The summed E-state index contributed by atoms with van der Waals surface area (Å²) >= 11 is 0. The van der Waals surface area contributed by atoms with E-state index in [-0.39, 0.29) is 24.5 Å². The lowest BCUT2D eigenvalue weighted by Crippen LogP contribution is -2.80. The van der Waals surface area contributed by atoms with Crippen LogP contribution in [-0.2, 0) is 14.3 Å². The Bertz CT molecular complexity index is 369. The maximum absolute atomic E-state index is 12.1. The quantitative estimate of drug-likeness (QED) is 0.572. The SMILES string of the molecule is CC1(C)C2OCCC2C1(N)C(=O)NCC(N)=O. The number of amides is 2. The van der Waals surface area contributed by atoms with Gasteiger partial charge in [0.2, 0.25) is 11.8 Å². The molecule has 1 saturated carbocycles. The first kappa shape index (κ1) is 12.3. The summed E-state index contributed by atoms with van der Waals surface area (Å²) < 4.78 is 5.59. The van der Waals surface area contributed by atoms with Crippen LogP contribution in [0.1, 0.15) is 20.3 Å². The molecule has 2 fully saturated rings. The molecule has 2 rings (SSSR count). The lowest BCUT2D eigenvalue weighted by molar-refractivity contribution is -0.175. The third kappa shape index (κ3) is 1.47. The van der Waals surface area contributed by atoms with Crippen LogP contribution in [0.3, 0.4) is 0 Å². The number of nitrogens with two attached hydrogens (primary N) is 2. The molecule has 1 aliphatic carbocycles. The molecule has 0 bridgehead atoms. The van der Waals surface area contributed by atoms with Crippen LogP contribution >= 0.6 is 0 Å². The van der Waals surface area contributed by atoms with Crippen molar-refractivity contribution in [2.75, 3.05) is 13.2 Å². The molecule has 0 aromatic rings. The van der Waals surface area contributed by atoms with Gasteiger partial charge in [-0.3, -0.25) is 9.59 Å². The van der Waals surface area contributed by atoms with Crippen molar-refractivity contribution in [2.24, 2.45) is 22.8 Å². The normalized spacial score (nSPS) is 38.1. The van der Waals surface area contributed by atoms with Crippen molar-refractivity contribution in [1.82, 2.24) is 5.32 Å². The predicted octanol–water partition coefficient (Wildman–Crippen LogP) is -1.27. The molecule has 3 unspecified atom stereocenters. The summed E-state index contributed by atoms with van der Waals surface area (Å²) in [6.07, 6.45) is 0.820. The van der Waals surface area contributed by atoms with Gasteiger partial charge in [0.15, 0.2) is 0 Å². The van der Waals surface area contributed by atoms with E-state index in [0.29, 0.717) is 6.61 Å². The first-order valence-corrected chi connectivity index (χ1v) is 5.79. The predicted molar refractivity (Wildman–Crippen MR) is 60.8 cm³/mol. The number of carbonyl (C=O) groups excluding carboxylic acids is 2. The van der Waals surface area contributed by atoms with Crippen molar-refractivity contribution in [3.8, 4) is 0 Å². The zero-order chi connectivity index (χ0) is 12.8. The zero-order valence-electron chi connectivity index (χ0n) is 10.2. The molecule has 1 aliphatic heterocycles. The molecular formula is C11H19N3O3. The fourth-order valence-corrected chi connectivity index (χ4v) is 3.16. The second kappa shape index (κ2) is 3.68. The largest absolute Gasteiger partial charge is 0.377 e. The molecule has 2 aliphatic rings. The summed E-state index contributed by atoms with van der Waals surface area (Å²) in [5.74, 6) is -0.850. The zero-order valence-corrected chi connectivity index (χ0v) is 10.2. The molecule has 0 aromatic carbocycles. The topological polar surface area (TPSA) is 107 Å². The summed E-state index contributed by atoms with van der Waals surface area (Å²) in [6, 6.07) is 0. The summed E-state index contributed by atoms with van der Waals surface area (Å²) in [6.45, 7) is 4.31. The molecule has 3 atom stereocenters. The number of fused-ring (bicyclic) bond motifs is 1. The molecule has 96 valence electrons. The number of hydrogen-bond donors (Lipinski definition) is 3. The summed E-state index contributed by atoms with van der Waals surface area (Å²) in [5.41, 5.74) is 9.86. The average Bonchev–Trinajstić information content (AvgIpc) is 2.72. The van der Waals surface area contributed by atoms with E-state index in [1.165, 1.54) is 0 Å². The Labute approximate surface area is 100 Å². The van der Waals surface area contributed by atoms with Crippen LogP contribution in [0.15, 0.2) is 0 Å². The molecule has 1 heterocycles. The number of rotatable bonds is 3. The first-order valence-electron chi connectivity index (χ1n) is 5.79. The van der Waals surface area contributed by atoms with Gasteiger partial charge in [-0.15, -0.1) is 0 Å². The Balaban J connectivity index is 2.12. The van der Waals surface area contributed by atoms with Crippen molar-refractivity contribution in [3.05, 3.63) is 0 Å². The number of hydrogen-bond acceptors (Lipinski definition) is 4. The van der Waals surface area contributed by atoms with E-state index in [0.717, 1.165) is 6.42 Å². The lowest BCUT2D eigenvalue weighted by atomic mass is 9.48. The number of carbonyl (C=O) groups is 2. The van der Waals surface area contributed by atoms with E-state index < -0.39 is 16.9 Å². The molecule has 0 spiro atoms. The maximum Gasteiger partial charge on any atom is 0.241 e. The molecular weight excluding hydrogens is 222 g/mol. The Hall–Kier alpha value is -1.14. The summed E-state index contributed by atoms with van der Waals surface area (Å²) in [5, 5.41) is 2.50. The van der Waals surface area contributed by atoms with Gasteiger partial charge in [0.05, 0.1) is 12.6 Å². The van der Waals surface area contributed by atoms with Crippen LogP contribution in [-0.4, -0.2) is 36.6 Å².